The lowest BCUT2D eigenvalue weighted by Crippen LogP contribution is -2.40. The minimum Gasteiger partial charge on any atom is -0.492 e. The first-order valence-electron chi connectivity index (χ1n) is 7.50. The topological polar surface area (TPSA) is 29.5 Å². The summed E-state index contributed by atoms with van der Waals surface area (Å²) in [5.74, 6) is 2.42. The number of ether oxygens (including phenoxy) is 1. The maximum Gasteiger partial charge on any atom is 0.159 e. The first-order chi connectivity index (χ1) is 9.54. The van der Waals surface area contributed by atoms with Crippen LogP contribution in [0.5, 0.6) is 5.75 Å². The van der Waals surface area contributed by atoms with Crippen LogP contribution in [0.3, 0.4) is 0 Å². The van der Waals surface area contributed by atoms with Gasteiger partial charge in [0.1, 0.15) is 12.4 Å². The van der Waals surface area contributed by atoms with Gasteiger partial charge in [0.25, 0.3) is 0 Å². The van der Waals surface area contributed by atoms with Crippen molar-refractivity contribution in [2.75, 3.05) is 26.2 Å². The Morgan fingerprint density at radius 2 is 1.95 bits per heavy atom. The third-order valence-corrected chi connectivity index (χ3v) is 3.86. The zero-order valence-electron chi connectivity index (χ0n) is 13.2. The summed E-state index contributed by atoms with van der Waals surface area (Å²) < 4.78 is 5.78. The fourth-order valence-electron chi connectivity index (χ4n) is 3.07. The molecule has 2 rings (SSSR count). The second kappa shape index (κ2) is 8.40. The van der Waals surface area contributed by atoms with Crippen molar-refractivity contribution in [3.05, 3.63) is 29.8 Å². The summed E-state index contributed by atoms with van der Waals surface area (Å²) in [6, 6.07) is 7.43. The lowest BCUT2D eigenvalue weighted by atomic mass is 9.92. The number of nitrogens with zero attached hydrogens (tertiary/aromatic N) is 1. The highest BCUT2D eigenvalue weighted by atomic mass is 35.5. The molecular weight excluding hydrogens is 286 g/mol. The number of halogens is 1. The quantitative estimate of drug-likeness (QED) is 0.777. The van der Waals surface area contributed by atoms with Crippen LogP contribution in [0, 0.1) is 11.8 Å². The maximum atomic E-state index is 11.3. The van der Waals surface area contributed by atoms with E-state index < -0.39 is 0 Å². The predicted molar refractivity (Wildman–Crippen MR) is 88.6 cm³/mol. The standard InChI is InChI=1S/C17H25NO2.ClH/c1-13-9-14(2)12-18(11-13)7-8-20-17-6-4-5-16(10-17)15(3)19;/h4-6,10,13-14H,7-9,11-12H2,1-3H3;1H. The van der Waals surface area contributed by atoms with E-state index in [2.05, 4.69) is 18.7 Å². The van der Waals surface area contributed by atoms with Crippen molar-refractivity contribution in [1.29, 1.82) is 0 Å². The molecule has 1 saturated heterocycles. The van der Waals surface area contributed by atoms with Crippen LogP contribution < -0.4 is 4.74 Å². The second-order valence-corrected chi connectivity index (χ2v) is 6.14. The Morgan fingerprint density at radius 1 is 1.29 bits per heavy atom. The maximum absolute atomic E-state index is 11.3. The number of rotatable bonds is 5. The molecular formula is C17H26ClNO2. The van der Waals surface area contributed by atoms with Gasteiger partial charge in [-0.15, -0.1) is 12.4 Å². The number of carbonyl (C=O) groups excluding carboxylic acids is 1. The summed E-state index contributed by atoms with van der Waals surface area (Å²) in [4.78, 5) is 13.8. The summed E-state index contributed by atoms with van der Waals surface area (Å²) >= 11 is 0. The number of likely N-dealkylation sites (tertiary alicyclic amines) is 1. The predicted octanol–water partition coefficient (Wildman–Crippen LogP) is 3.67. The van der Waals surface area contributed by atoms with Gasteiger partial charge in [0, 0.05) is 25.2 Å². The number of ketones is 1. The van der Waals surface area contributed by atoms with Crippen molar-refractivity contribution in [3.63, 3.8) is 0 Å². The van der Waals surface area contributed by atoms with Crippen molar-refractivity contribution in [2.45, 2.75) is 27.2 Å². The Morgan fingerprint density at radius 3 is 2.57 bits per heavy atom. The first kappa shape index (κ1) is 18.0. The molecule has 1 aromatic carbocycles. The Labute approximate surface area is 134 Å². The lowest BCUT2D eigenvalue weighted by Gasteiger charge is -2.34. The molecule has 1 fully saturated rings. The van der Waals surface area contributed by atoms with Gasteiger partial charge in [-0.3, -0.25) is 9.69 Å². The zero-order valence-corrected chi connectivity index (χ0v) is 14.0. The molecule has 0 N–H and O–H groups in total. The summed E-state index contributed by atoms with van der Waals surface area (Å²) in [5.41, 5.74) is 0.711. The number of hydrogen-bond donors (Lipinski definition) is 0. The summed E-state index contributed by atoms with van der Waals surface area (Å²) in [7, 11) is 0. The van der Waals surface area contributed by atoms with E-state index >= 15 is 0 Å². The summed E-state index contributed by atoms with van der Waals surface area (Å²) in [6.07, 6.45) is 1.33. The highest BCUT2D eigenvalue weighted by Gasteiger charge is 2.21. The molecule has 2 atom stereocenters. The number of piperidine rings is 1. The fraction of sp³-hybridized carbons (Fsp3) is 0.588. The number of benzene rings is 1. The SMILES string of the molecule is CC(=O)c1cccc(OCCN2CC(C)CC(C)C2)c1.Cl. The van der Waals surface area contributed by atoms with Crippen LogP contribution in [0.2, 0.25) is 0 Å². The van der Waals surface area contributed by atoms with E-state index in [-0.39, 0.29) is 18.2 Å². The Bertz CT molecular complexity index is 454. The monoisotopic (exact) mass is 311 g/mol. The van der Waals surface area contributed by atoms with E-state index in [0.717, 1.165) is 24.1 Å². The minimum absolute atomic E-state index is 0. The molecule has 1 aliphatic heterocycles. The van der Waals surface area contributed by atoms with Crippen LogP contribution in [0.1, 0.15) is 37.6 Å². The molecule has 118 valence electrons. The molecule has 3 nitrogen and oxygen atoms in total. The van der Waals surface area contributed by atoms with E-state index in [0.29, 0.717) is 12.2 Å². The number of hydrogen-bond acceptors (Lipinski definition) is 3. The largest absolute Gasteiger partial charge is 0.492 e. The molecule has 2 unspecified atom stereocenters. The average molecular weight is 312 g/mol. The van der Waals surface area contributed by atoms with E-state index in [9.17, 15) is 4.79 Å². The van der Waals surface area contributed by atoms with Gasteiger partial charge in [-0.2, -0.15) is 0 Å². The van der Waals surface area contributed by atoms with Crippen LogP contribution in [0.25, 0.3) is 0 Å². The van der Waals surface area contributed by atoms with Crippen molar-refractivity contribution in [2.24, 2.45) is 11.8 Å². The average Bonchev–Trinajstić information content (AvgIpc) is 2.38. The minimum atomic E-state index is 0. The third-order valence-electron chi connectivity index (χ3n) is 3.86. The van der Waals surface area contributed by atoms with Crippen LogP contribution in [-0.2, 0) is 0 Å². The Hall–Kier alpha value is -1.06. The molecule has 0 bridgehead atoms. The van der Waals surface area contributed by atoms with E-state index in [1.165, 1.54) is 19.5 Å². The van der Waals surface area contributed by atoms with E-state index in [4.69, 9.17) is 4.74 Å². The Kier molecular flexibility index (Phi) is 7.20. The third kappa shape index (κ3) is 5.68. The summed E-state index contributed by atoms with van der Waals surface area (Å²) in [6.45, 7) is 10.2. The molecule has 4 heteroatoms. The number of carbonyl (C=O) groups is 1. The van der Waals surface area contributed by atoms with Gasteiger partial charge < -0.3 is 4.74 Å². The molecule has 0 saturated carbocycles. The fourth-order valence-corrected chi connectivity index (χ4v) is 3.07. The van der Waals surface area contributed by atoms with Crippen molar-refractivity contribution < 1.29 is 9.53 Å². The highest BCUT2D eigenvalue weighted by Crippen LogP contribution is 2.20. The summed E-state index contributed by atoms with van der Waals surface area (Å²) in [5, 5.41) is 0. The van der Waals surface area contributed by atoms with Crippen molar-refractivity contribution in [1.82, 2.24) is 4.90 Å². The smallest absolute Gasteiger partial charge is 0.159 e. The van der Waals surface area contributed by atoms with Gasteiger partial charge in [-0.25, -0.2) is 0 Å². The molecule has 1 aromatic rings. The zero-order chi connectivity index (χ0) is 14.5. The van der Waals surface area contributed by atoms with Gasteiger partial charge >= 0.3 is 0 Å². The molecule has 0 spiro atoms. The van der Waals surface area contributed by atoms with Crippen molar-refractivity contribution in [3.8, 4) is 5.75 Å². The Balaban J connectivity index is 0.00000220. The molecule has 21 heavy (non-hydrogen) atoms. The van der Waals surface area contributed by atoms with Crippen LogP contribution >= 0.6 is 12.4 Å². The normalized spacial score (nSPS) is 22.4. The van der Waals surface area contributed by atoms with Gasteiger partial charge in [-0.05, 0) is 37.3 Å². The first-order valence-corrected chi connectivity index (χ1v) is 7.50. The van der Waals surface area contributed by atoms with Crippen LogP contribution in [0.4, 0.5) is 0 Å². The van der Waals surface area contributed by atoms with Crippen molar-refractivity contribution >= 4 is 18.2 Å². The molecule has 0 aliphatic carbocycles. The van der Waals surface area contributed by atoms with Gasteiger partial charge in [0.05, 0.1) is 0 Å². The molecule has 0 radical (unpaired) electrons. The second-order valence-electron chi connectivity index (χ2n) is 6.14. The van der Waals surface area contributed by atoms with Gasteiger partial charge in [-0.1, -0.05) is 26.0 Å². The molecule has 1 aliphatic rings. The molecule has 0 aromatic heterocycles. The van der Waals surface area contributed by atoms with Gasteiger partial charge in [0.15, 0.2) is 5.78 Å². The van der Waals surface area contributed by atoms with E-state index in [1.54, 1.807) is 6.92 Å². The van der Waals surface area contributed by atoms with Gasteiger partial charge in [0.2, 0.25) is 0 Å². The van der Waals surface area contributed by atoms with Crippen LogP contribution in [-0.4, -0.2) is 36.9 Å². The van der Waals surface area contributed by atoms with Crippen LogP contribution in [0.15, 0.2) is 24.3 Å². The lowest BCUT2D eigenvalue weighted by molar-refractivity contribution is 0.101. The molecule has 0 amide bonds. The highest BCUT2D eigenvalue weighted by molar-refractivity contribution is 5.94. The molecule has 1 heterocycles. The van der Waals surface area contributed by atoms with E-state index in [1.807, 2.05) is 24.3 Å². The number of Topliss-reactive ketones (excluding diaryl/α,β-unsaturated/α-hetero) is 1.